The first kappa shape index (κ1) is 8.80. The van der Waals surface area contributed by atoms with Gasteiger partial charge >= 0.3 is 0 Å². The molecular formula is C13H18. The number of benzene rings is 1. The molecule has 0 saturated carbocycles. The molecule has 2 rings (SSSR count). The van der Waals surface area contributed by atoms with Crippen molar-refractivity contribution in [1.29, 1.82) is 0 Å². The first-order chi connectivity index (χ1) is 6.25. The molecule has 1 aliphatic rings. The quantitative estimate of drug-likeness (QED) is 0.644. The molecule has 0 saturated heterocycles. The third-order valence-corrected chi connectivity index (χ3v) is 2.94. The van der Waals surface area contributed by atoms with Gasteiger partial charge in [-0.3, -0.25) is 0 Å². The predicted molar refractivity (Wildman–Crippen MR) is 56.8 cm³/mol. The molecule has 0 spiro atoms. The topological polar surface area (TPSA) is 0 Å². The van der Waals surface area contributed by atoms with Gasteiger partial charge in [-0.05, 0) is 42.2 Å². The Labute approximate surface area is 81.0 Å². The largest absolute Gasteiger partial charge is 0.0628 e. The summed E-state index contributed by atoms with van der Waals surface area (Å²) < 4.78 is 0. The average molecular weight is 174 g/mol. The van der Waals surface area contributed by atoms with E-state index in [1.807, 2.05) is 0 Å². The Morgan fingerprint density at radius 2 is 1.69 bits per heavy atom. The molecule has 0 fully saturated rings. The van der Waals surface area contributed by atoms with Crippen molar-refractivity contribution in [3.8, 4) is 0 Å². The van der Waals surface area contributed by atoms with Gasteiger partial charge in [0.25, 0.3) is 0 Å². The third kappa shape index (κ3) is 1.93. The molecule has 1 aromatic carbocycles. The lowest BCUT2D eigenvalue weighted by atomic mass is 9.95. The second-order valence-electron chi connectivity index (χ2n) is 4.67. The van der Waals surface area contributed by atoms with Gasteiger partial charge in [0, 0.05) is 0 Å². The smallest absolute Gasteiger partial charge is 0.0244 e. The van der Waals surface area contributed by atoms with Crippen LogP contribution in [0.2, 0.25) is 0 Å². The van der Waals surface area contributed by atoms with Crippen LogP contribution in [0.25, 0.3) is 0 Å². The lowest BCUT2D eigenvalue weighted by molar-refractivity contribution is 0.426. The van der Waals surface area contributed by atoms with E-state index in [0.29, 0.717) is 0 Å². The van der Waals surface area contributed by atoms with Gasteiger partial charge in [0.15, 0.2) is 0 Å². The number of hydrogen-bond acceptors (Lipinski definition) is 0. The van der Waals surface area contributed by atoms with Crippen LogP contribution >= 0.6 is 0 Å². The second-order valence-corrected chi connectivity index (χ2v) is 4.67. The molecule has 0 heteroatoms. The van der Waals surface area contributed by atoms with Crippen LogP contribution in [0, 0.1) is 11.8 Å². The highest BCUT2D eigenvalue weighted by atomic mass is 14.3. The van der Waals surface area contributed by atoms with E-state index in [0.717, 1.165) is 11.8 Å². The van der Waals surface area contributed by atoms with Crippen LogP contribution in [0.15, 0.2) is 24.3 Å². The van der Waals surface area contributed by atoms with Crippen molar-refractivity contribution >= 4 is 0 Å². The van der Waals surface area contributed by atoms with Crippen molar-refractivity contribution < 1.29 is 0 Å². The Balaban J connectivity index is 2.05. The minimum atomic E-state index is 0.847. The monoisotopic (exact) mass is 174 g/mol. The summed E-state index contributed by atoms with van der Waals surface area (Å²) in [6.45, 7) is 4.64. The van der Waals surface area contributed by atoms with E-state index in [1.165, 1.54) is 19.3 Å². The fourth-order valence-corrected chi connectivity index (χ4v) is 2.48. The summed E-state index contributed by atoms with van der Waals surface area (Å²) in [5, 5.41) is 0. The molecule has 0 N–H and O–H groups in total. The van der Waals surface area contributed by atoms with Crippen LogP contribution in [0.5, 0.6) is 0 Å². The summed E-state index contributed by atoms with van der Waals surface area (Å²) in [6.07, 6.45) is 4.01. The van der Waals surface area contributed by atoms with Crippen molar-refractivity contribution in [2.75, 3.05) is 0 Å². The summed E-state index contributed by atoms with van der Waals surface area (Å²) >= 11 is 0. The molecule has 0 atom stereocenters. The Morgan fingerprint density at radius 3 is 2.15 bits per heavy atom. The lowest BCUT2D eigenvalue weighted by Crippen LogP contribution is -2.03. The molecule has 0 aromatic heterocycles. The van der Waals surface area contributed by atoms with Gasteiger partial charge in [-0.15, -0.1) is 0 Å². The first-order valence-electron chi connectivity index (χ1n) is 5.32. The summed E-state index contributed by atoms with van der Waals surface area (Å²) in [6, 6.07) is 8.90. The number of hydrogen-bond donors (Lipinski definition) is 0. The molecule has 0 unspecified atom stereocenters. The maximum atomic E-state index is 2.32. The van der Waals surface area contributed by atoms with Crippen LogP contribution in [0.3, 0.4) is 0 Å². The summed E-state index contributed by atoms with van der Waals surface area (Å²) in [5.74, 6) is 1.76. The van der Waals surface area contributed by atoms with Crippen LogP contribution in [-0.4, -0.2) is 0 Å². The maximum absolute atomic E-state index is 2.32. The van der Waals surface area contributed by atoms with E-state index >= 15 is 0 Å². The molecule has 0 amide bonds. The zero-order valence-corrected chi connectivity index (χ0v) is 8.59. The van der Waals surface area contributed by atoms with E-state index < -0.39 is 0 Å². The van der Waals surface area contributed by atoms with Crippen molar-refractivity contribution in [3.63, 3.8) is 0 Å². The minimum absolute atomic E-state index is 0.847. The predicted octanol–water partition coefficient (Wildman–Crippen LogP) is 3.45. The fourth-order valence-electron chi connectivity index (χ4n) is 2.48. The van der Waals surface area contributed by atoms with Crippen molar-refractivity contribution in [3.05, 3.63) is 35.4 Å². The van der Waals surface area contributed by atoms with Gasteiger partial charge in [0.1, 0.15) is 0 Å². The van der Waals surface area contributed by atoms with Crippen molar-refractivity contribution in [2.24, 2.45) is 11.8 Å². The van der Waals surface area contributed by atoms with Gasteiger partial charge in [-0.2, -0.15) is 0 Å². The van der Waals surface area contributed by atoms with Crippen LogP contribution in [0.1, 0.15) is 31.4 Å². The zero-order valence-electron chi connectivity index (χ0n) is 8.59. The lowest BCUT2D eigenvalue weighted by Gasteiger charge is -2.10. The van der Waals surface area contributed by atoms with Gasteiger partial charge in [0.05, 0.1) is 0 Å². The van der Waals surface area contributed by atoms with Crippen LogP contribution in [0.4, 0.5) is 0 Å². The average Bonchev–Trinajstić information content (AvgIpc) is 2.44. The molecule has 1 aliphatic carbocycles. The molecule has 13 heavy (non-hydrogen) atoms. The van der Waals surface area contributed by atoms with E-state index in [9.17, 15) is 0 Å². The SMILES string of the molecule is CC(C)CC1Cc2ccccc2C1. The Bertz CT molecular complexity index is 261. The van der Waals surface area contributed by atoms with Gasteiger partial charge < -0.3 is 0 Å². The minimum Gasteiger partial charge on any atom is -0.0628 e. The molecular weight excluding hydrogens is 156 g/mol. The van der Waals surface area contributed by atoms with Crippen molar-refractivity contribution in [1.82, 2.24) is 0 Å². The van der Waals surface area contributed by atoms with Crippen molar-refractivity contribution in [2.45, 2.75) is 33.1 Å². The van der Waals surface area contributed by atoms with Gasteiger partial charge in [-0.25, -0.2) is 0 Å². The zero-order chi connectivity index (χ0) is 9.26. The Kier molecular flexibility index (Phi) is 2.39. The molecule has 1 aromatic rings. The van der Waals surface area contributed by atoms with Crippen LogP contribution in [-0.2, 0) is 12.8 Å². The van der Waals surface area contributed by atoms with E-state index in [1.54, 1.807) is 11.1 Å². The molecule has 0 nitrogen and oxygen atoms in total. The van der Waals surface area contributed by atoms with E-state index in [4.69, 9.17) is 0 Å². The van der Waals surface area contributed by atoms with E-state index in [-0.39, 0.29) is 0 Å². The molecule has 0 bridgehead atoms. The number of fused-ring (bicyclic) bond motifs is 1. The fraction of sp³-hybridized carbons (Fsp3) is 0.538. The standard InChI is InChI=1S/C13H18/c1-10(2)7-11-8-12-5-3-4-6-13(12)9-11/h3-6,10-11H,7-9H2,1-2H3. The second kappa shape index (κ2) is 3.53. The molecule has 0 radical (unpaired) electrons. The molecule has 0 heterocycles. The molecule has 70 valence electrons. The Morgan fingerprint density at radius 1 is 1.15 bits per heavy atom. The van der Waals surface area contributed by atoms with Gasteiger partial charge in [-0.1, -0.05) is 38.1 Å². The Hall–Kier alpha value is -0.780. The first-order valence-corrected chi connectivity index (χ1v) is 5.32. The summed E-state index contributed by atoms with van der Waals surface area (Å²) in [5.41, 5.74) is 3.18. The highest BCUT2D eigenvalue weighted by Gasteiger charge is 2.21. The third-order valence-electron chi connectivity index (χ3n) is 2.94. The van der Waals surface area contributed by atoms with E-state index in [2.05, 4.69) is 38.1 Å². The highest BCUT2D eigenvalue weighted by molar-refractivity contribution is 5.31. The maximum Gasteiger partial charge on any atom is -0.0244 e. The number of rotatable bonds is 2. The summed E-state index contributed by atoms with van der Waals surface area (Å²) in [7, 11) is 0. The highest BCUT2D eigenvalue weighted by Crippen LogP contribution is 2.30. The van der Waals surface area contributed by atoms with Gasteiger partial charge in [0.2, 0.25) is 0 Å². The van der Waals surface area contributed by atoms with Crippen LogP contribution < -0.4 is 0 Å². The normalized spacial score (nSPS) is 16.5. The molecule has 0 aliphatic heterocycles. The summed E-state index contributed by atoms with van der Waals surface area (Å²) in [4.78, 5) is 0.